The molecule has 1 saturated heterocycles. The number of nitrogens with zero attached hydrogens (tertiary/aromatic N) is 3. The number of carbonyl (C=O) groups is 1. The summed E-state index contributed by atoms with van der Waals surface area (Å²) in [5, 5.41) is 8.88. The van der Waals surface area contributed by atoms with Gasteiger partial charge in [-0.2, -0.15) is 0 Å². The lowest BCUT2D eigenvalue weighted by Crippen LogP contribution is -2.25. The molecule has 3 aromatic rings. The van der Waals surface area contributed by atoms with Gasteiger partial charge in [-0.3, -0.25) is 4.79 Å². The van der Waals surface area contributed by atoms with Crippen molar-refractivity contribution in [3.05, 3.63) is 88.6 Å². The number of rotatable bonds is 8. The molecule has 34 heavy (non-hydrogen) atoms. The first-order chi connectivity index (χ1) is 16.2. The molecular weight excluding hydrogens is 443 g/mol. The number of carboxylic acids is 1. The van der Waals surface area contributed by atoms with Crippen molar-refractivity contribution >= 4 is 11.8 Å². The first-order valence-electron chi connectivity index (χ1n) is 11.3. The van der Waals surface area contributed by atoms with Crippen LogP contribution in [0.2, 0.25) is 0 Å². The standard InChI is InChI=1S/C26H26F3N3O2/c1-26(28,29)20-11-9-19(10-12-20)22-3-2-14-32(22)25-24(27)21(30-16-31-25)13-8-17-4-6-18(7-5-17)15-23(33)34/h4-7,9-12,16,22H,2-3,8,13-15H2,1H3,(H,33,34). The fourth-order valence-electron chi connectivity index (χ4n) is 4.40. The fourth-order valence-corrected chi connectivity index (χ4v) is 4.40. The van der Waals surface area contributed by atoms with Crippen molar-refractivity contribution in [2.75, 3.05) is 11.4 Å². The number of alkyl halides is 2. The molecule has 0 aliphatic carbocycles. The average Bonchev–Trinajstić information content (AvgIpc) is 3.28. The van der Waals surface area contributed by atoms with Gasteiger partial charge in [0, 0.05) is 19.0 Å². The topological polar surface area (TPSA) is 66.3 Å². The van der Waals surface area contributed by atoms with E-state index in [1.807, 2.05) is 17.0 Å². The molecule has 1 unspecified atom stereocenters. The maximum absolute atomic E-state index is 15.4. The highest BCUT2D eigenvalue weighted by atomic mass is 19.3. The molecule has 0 radical (unpaired) electrons. The number of hydrogen-bond acceptors (Lipinski definition) is 4. The second-order valence-electron chi connectivity index (χ2n) is 8.71. The Balaban J connectivity index is 1.49. The molecule has 1 aromatic heterocycles. The molecule has 4 rings (SSSR count). The van der Waals surface area contributed by atoms with Crippen molar-refractivity contribution in [3.8, 4) is 0 Å². The number of carboxylic acid groups (broad SMARTS) is 1. The quantitative estimate of drug-likeness (QED) is 0.473. The third kappa shape index (κ3) is 5.38. The Bertz CT molecular complexity index is 1150. The molecule has 0 spiro atoms. The van der Waals surface area contributed by atoms with Crippen molar-refractivity contribution in [2.24, 2.45) is 0 Å². The molecular formula is C26H26F3N3O2. The molecule has 0 saturated carbocycles. The van der Waals surface area contributed by atoms with Gasteiger partial charge in [0.2, 0.25) is 0 Å². The summed E-state index contributed by atoms with van der Waals surface area (Å²) < 4.78 is 42.5. The van der Waals surface area contributed by atoms with E-state index in [1.54, 1.807) is 24.3 Å². The second-order valence-corrected chi connectivity index (χ2v) is 8.71. The molecule has 178 valence electrons. The summed E-state index contributed by atoms with van der Waals surface area (Å²) in [6.07, 6.45) is 3.88. The molecule has 1 atom stereocenters. The molecule has 1 N–H and O–H groups in total. The molecule has 1 aliphatic heterocycles. The van der Waals surface area contributed by atoms with Crippen LogP contribution in [0, 0.1) is 5.82 Å². The Hall–Kier alpha value is -3.42. The Morgan fingerprint density at radius 2 is 1.74 bits per heavy atom. The number of hydrogen-bond donors (Lipinski definition) is 1. The first-order valence-corrected chi connectivity index (χ1v) is 11.3. The van der Waals surface area contributed by atoms with Gasteiger partial charge in [0.05, 0.1) is 18.2 Å². The summed E-state index contributed by atoms with van der Waals surface area (Å²) in [6, 6.07) is 13.3. The van der Waals surface area contributed by atoms with E-state index in [1.165, 1.54) is 18.5 Å². The predicted octanol–water partition coefficient (Wildman–Crippen LogP) is 5.48. The lowest BCUT2D eigenvalue weighted by atomic mass is 10.0. The van der Waals surface area contributed by atoms with Crippen LogP contribution in [0.25, 0.3) is 0 Å². The minimum atomic E-state index is -2.90. The van der Waals surface area contributed by atoms with Crippen LogP contribution >= 0.6 is 0 Å². The van der Waals surface area contributed by atoms with E-state index in [9.17, 15) is 13.6 Å². The van der Waals surface area contributed by atoms with E-state index in [4.69, 9.17) is 5.11 Å². The number of aryl methyl sites for hydroxylation is 2. The molecule has 5 nitrogen and oxygen atoms in total. The van der Waals surface area contributed by atoms with Crippen molar-refractivity contribution in [2.45, 2.75) is 51.0 Å². The van der Waals surface area contributed by atoms with Gasteiger partial charge in [-0.25, -0.2) is 23.1 Å². The van der Waals surface area contributed by atoms with Crippen LogP contribution in [0.4, 0.5) is 19.0 Å². The third-order valence-corrected chi connectivity index (χ3v) is 6.20. The van der Waals surface area contributed by atoms with E-state index in [-0.39, 0.29) is 23.8 Å². The molecule has 0 bridgehead atoms. The summed E-state index contributed by atoms with van der Waals surface area (Å²) in [6.45, 7) is 1.49. The Morgan fingerprint density at radius 1 is 1.06 bits per heavy atom. The summed E-state index contributed by atoms with van der Waals surface area (Å²) in [5.74, 6) is -4.02. The third-order valence-electron chi connectivity index (χ3n) is 6.20. The highest BCUT2D eigenvalue weighted by Crippen LogP contribution is 2.37. The van der Waals surface area contributed by atoms with E-state index in [2.05, 4.69) is 9.97 Å². The normalized spacial score (nSPS) is 16.1. The summed E-state index contributed by atoms with van der Waals surface area (Å²) in [5.41, 5.74) is 2.79. The van der Waals surface area contributed by atoms with Crippen LogP contribution in [-0.4, -0.2) is 27.6 Å². The van der Waals surface area contributed by atoms with Crippen molar-refractivity contribution in [3.63, 3.8) is 0 Å². The van der Waals surface area contributed by atoms with E-state index < -0.39 is 17.7 Å². The second kappa shape index (κ2) is 9.83. The van der Waals surface area contributed by atoms with Crippen molar-refractivity contribution in [1.29, 1.82) is 0 Å². The van der Waals surface area contributed by atoms with Gasteiger partial charge in [0.1, 0.15) is 6.33 Å². The van der Waals surface area contributed by atoms with Crippen LogP contribution in [-0.2, 0) is 30.0 Å². The number of halogens is 3. The fraction of sp³-hybridized carbons (Fsp3) is 0.346. The lowest BCUT2D eigenvalue weighted by molar-refractivity contribution is -0.136. The average molecular weight is 470 g/mol. The van der Waals surface area contributed by atoms with E-state index >= 15 is 4.39 Å². The summed E-state index contributed by atoms with van der Waals surface area (Å²) >= 11 is 0. The van der Waals surface area contributed by atoms with Gasteiger partial charge < -0.3 is 10.0 Å². The summed E-state index contributed by atoms with van der Waals surface area (Å²) in [7, 11) is 0. The summed E-state index contributed by atoms with van der Waals surface area (Å²) in [4.78, 5) is 21.1. The highest BCUT2D eigenvalue weighted by Gasteiger charge is 2.31. The maximum Gasteiger partial charge on any atom is 0.307 e. The first kappa shape index (κ1) is 23.7. The van der Waals surface area contributed by atoms with Gasteiger partial charge in [0.15, 0.2) is 11.6 Å². The zero-order valence-electron chi connectivity index (χ0n) is 18.8. The lowest BCUT2D eigenvalue weighted by Gasteiger charge is -2.27. The Morgan fingerprint density at radius 3 is 2.38 bits per heavy atom. The molecule has 1 aliphatic rings. The zero-order chi connectivity index (χ0) is 24.3. The van der Waals surface area contributed by atoms with E-state index in [0.717, 1.165) is 30.9 Å². The van der Waals surface area contributed by atoms with Gasteiger partial charge in [-0.05, 0) is 42.4 Å². The van der Waals surface area contributed by atoms with Crippen molar-refractivity contribution < 1.29 is 23.1 Å². The van der Waals surface area contributed by atoms with Gasteiger partial charge in [-0.1, -0.05) is 48.5 Å². The van der Waals surface area contributed by atoms with Crippen LogP contribution in [0.3, 0.4) is 0 Å². The minimum Gasteiger partial charge on any atom is -0.481 e. The number of benzene rings is 2. The van der Waals surface area contributed by atoms with Gasteiger partial charge >= 0.3 is 5.97 Å². The molecule has 8 heteroatoms. The minimum absolute atomic E-state index is 0.0369. The van der Waals surface area contributed by atoms with Crippen LogP contribution < -0.4 is 4.90 Å². The Kier molecular flexibility index (Phi) is 6.86. The van der Waals surface area contributed by atoms with E-state index in [0.29, 0.717) is 30.6 Å². The monoisotopic (exact) mass is 469 g/mol. The van der Waals surface area contributed by atoms with Crippen molar-refractivity contribution in [1.82, 2.24) is 9.97 Å². The maximum atomic E-state index is 15.4. The smallest absolute Gasteiger partial charge is 0.307 e. The molecule has 2 aromatic carbocycles. The van der Waals surface area contributed by atoms with Gasteiger partial charge in [0.25, 0.3) is 5.92 Å². The predicted molar refractivity (Wildman–Crippen MR) is 123 cm³/mol. The number of aliphatic carboxylic acids is 1. The van der Waals surface area contributed by atoms with Crippen LogP contribution in [0.15, 0.2) is 54.9 Å². The molecule has 1 fully saturated rings. The number of anilines is 1. The largest absolute Gasteiger partial charge is 0.481 e. The molecule has 0 amide bonds. The van der Waals surface area contributed by atoms with Crippen LogP contribution in [0.5, 0.6) is 0 Å². The van der Waals surface area contributed by atoms with Gasteiger partial charge in [-0.15, -0.1) is 0 Å². The Labute approximate surface area is 196 Å². The molecule has 2 heterocycles. The zero-order valence-corrected chi connectivity index (χ0v) is 18.8. The number of aromatic nitrogens is 2. The highest BCUT2D eigenvalue weighted by molar-refractivity contribution is 5.70. The van der Waals surface area contributed by atoms with Crippen LogP contribution in [0.1, 0.15) is 53.8 Å². The SMILES string of the molecule is CC(F)(F)c1ccc(C2CCCN2c2ncnc(CCc3ccc(CC(=O)O)cc3)c2F)cc1.